The third kappa shape index (κ3) is 3.83. The Bertz CT molecular complexity index is 735. The lowest BCUT2D eigenvalue weighted by molar-refractivity contribution is -0.136. The molecular formula is C18H20N2O4. The highest BCUT2D eigenvalue weighted by Crippen LogP contribution is 2.21. The SMILES string of the molecule is O=C(O)CCNC(=O)N1CC(OCc2cccc3ccccc23)C1. The zero-order chi connectivity index (χ0) is 16.9. The number of nitrogens with zero attached hydrogens (tertiary/aromatic N) is 1. The van der Waals surface area contributed by atoms with E-state index in [1.807, 2.05) is 18.2 Å². The van der Waals surface area contributed by atoms with Crippen LogP contribution in [0.3, 0.4) is 0 Å². The largest absolute Gasteiger partial charge is 0.481 e. The van der Waals surface area contributed by atoms with Gasteiger partial charge in [0.05, 0.1) is 32.2 Å². The molecule has 1 fully saturated rings. The molecule has 0 saturated carbocycles. The van der Waals surface area contributed by atoms with E-state index in [1.54, 1.807) is 4.90 Å². The minimum Gasteiger partial charge on any atom is -0.481 e. The molecule has 0 unspecified atom stereocenters. The number of carbonyl (C=O) groups is 2. The summed E-state index contributed by atoms with van der Waals surface area (Å²) in [5.74, 6) is -0.921. The van der Waals surface area contributed by atoms with Crippen LogP contribution in [0.1, 0.15) is 12.0 Å². The summed E-state index contributed by atoms with van der Waals surface area (Å²) in [5.41, 5.74) is 1.14. The summed E-state index contributed by atoms with van der Waals surface area (Å²) < 4.78 is 5.88. The fourth-order valence-electron chi connectivity index (χ4n) is 2.72. The van der Waals surface area contributed by atoms with Crippen molar-refractivity contribution < 1.29 is 19.4 Å². The number of urea groups is 1. The van der Waals surface area contributed by atoms with Crippen molar-refractivity contribution in [1.82, 2.24) is 10.2 Å². The molecule has 2 amide bonds. The van der Waals surface area contributed by atoms with Crippen LogP contribution in [0, 0.1) is 0 Å². The summed E-state index contributed by atoms with van der Waals surface area (Å²) in [6, 6.07) is 14.1. The smallest absolute Gasteiger partial charge is 0.317 e. The molecular weight excluding hydrogens is 308 g/mol. The fraction of sp³-hybridized carbons (Fsp3) is 0.333. The van der Waals surface area contributed by atoms with E-state index in [0.717, 1.165) is 5.56 Å². The lowest BCUT2D eigenvalue weighted by Crippen LogP contribution is -2.57. The molecule has 126 valence electrons. The Morgan fingerprint density at radius 1 is 1.17 bits per heavy atom. The normalized spacial score (nSPS) is 14.4. The third-order valence-corrected chi connectivity index (χ3v) is 4.10. The summed E-state index contributed by atoms with van der Waals surface area (Å²) in [6.45, 7) is 1.72. The molecule has 0 radical (unpaired) electrons. The second-order valence-electron chi connectivity index (χ2n) is 5.85. The van der Waals surface area contributed by atoms with Crippen molar-refractivity contribution in [2.24, 2.45) is 0 Å². The predicted octanol–water partition coefficient (Wildman–Crippen LogP) is 2.22. The van der Waals surface area contributed by atoms with Gasteiger partial charge in [-0.3, -0.25) is 4.79 Å². The molecule has 1 saturated heterocycles. The maximum atomic E-state index is 11.8. The molecule has 6 nitrogen and oxygen atoms in total. The van der Waals surface area contributed by atoms with Crippen LogP contribution >= 0.6 is 0 Å². The van der Waals surface area contributed by atoms with E-state index in [9.17, 15) is 9.59 Å². The molecule has 1 aliphatic heterocycles. The van der Waals surface area contributed by atoms with Crippen LogP contribution in [0.5, 0.6) is 0 Å². The zero-order valence-electron chi connectivity index (χ0n) is 13.3. The van der Waals surface area contributed by atoms with Crippen molar-refractivity contribution in [3.8, 4) is 0 Å². The van der Waals surface area contributed by atoms with Gasteiger partial charge in [-0.25, -0.2) is 4.79 Å². The molecule has 24 heavy (non-hydrogen) atoms. The number of likely N-dealkylation sites (tertiary alicyclic amines) is 1. The van der Waals surface area contributed by atoms with Crippen molar-refractivity contribution in [2.45, 2.75) is 19.1 Å². The Balaban J connectivity index is 1.44. The number of hydrogen-bond donors (Lipinski definition) is 2. The van der Waals surface area contributed by atoms with Crippen LogP contribution in [0.15, 0.2) is 42.5 Å². The second-order valence-corrected chi connectivity index (χ2v) is 5.85. The Labute approximate surface area is 140 Å². The van der Waals surface area contributed by atoms with Gasteiger partial charge in [-0.15, -0.1) is 0 Å². The molecule has 0 spiro atoms. The van der Waals surface area contributed by atoms with Gasteiger partial charge in [-0.05, 0) is 16.3 Å². The minimum absolute atomic E-state index is 0.0224. The maximum absolute atomic E-state index is 11.8. The lowest BCUT2D eigenvalue weighted by Gasteiger charge is -2.38. The molecule has 2 aromatic rings. The molecule has 0 aliphatic carbocycles. The summed E-state index contributed by atoms with van der Waals surface area (Å²) in [5, 5.41) is 13.5. The first-order valence-electron chi connectivity index (χ1n) is 7.96. The third-order valence-electron chi connectivity index (χ3n) is 4.10. The fourth-order valence-corrected chi connectivity index (χ4v) is 2.72. The zero-order valence-corrected chi connectivity index (χ0v) is 13.3. The van der Waals surface area contributed by atoms with Crippen molar-refractivity contribution in [3.63, 3.8) is 0 Å². The Hall–Kier alpha value is -2.60. The Morgan fingerprint density at radius 2 is 1.92 bits per heavy atom. The van der Waals surface area contributed by atoms with Crippen LogP contribution < -0.4 is 5.32 Å². The van der Waals surface area contributed by atoms with E-state index in [2.05, 4.69) is 29.6 Å². The number of hydrogen-bond acceptors (Lipinski definition) is 3. The van der Waals surface area contributed by atoms with E-state index in [4.69, 9.17) is 9.84 Å². The van der Waals surface area contributed by atoms with Crippen molar-refractivity contribution in [3.05, 3.63) is 48.0 Å². The average molecular weight is 328 g/mol. The molecule has 0 aromatic heterocycles. The molecule has 2 N–H and O–H groups in total. The number of benzene rings is 2. The van der Waals surface area contributed by atoms with E-state index in [1.165, 1.54) is 10.8 Å². The van der Waals surface area contributed by atoms with E-state index in [0.29, 0.717) is 19.7 Å². The predicted molar refractivity (Wildman–Crippen MR) is 89.7 cm³/mol. The topological polar surface area (TPSA) is 78.9 Å². The van der Waals surface area contributed by atoms with Crippen molar-refractivity contribution in [1.29, 1.82) is 0 Å². The van der Waals surface area contributed by atoms with Crippen LogP contribution in [-0.2, 0) is 16.1 Å². The van der Waals surface area contributed by atoms with Gasteiger partial charge in [-0.2, -0.15) is 0 Å². The van der Waals surface area contributed by atoms with Gasteiger partial charge in [0.15, 0.2) is 0 Å². The number of fused-ring (bicyclic) bond motifs is 1. The van der Waals surface area contributed by atoms with Gasteiger partial charge in [0.2, 0.25) is 0 Å². The van der Waals surface area contributed by atoms with Crippen LogP contribution in [0.25, 0.3) is 10.8 Å². The number of nitrogens with one attached hydrogen (secondary N) is 1. The lowest BCUT2D eigenvalue weighted by atomic mass is 10.1. The number of aliphatic carboxylic acids is 1. The number of carboxylic acids is 1. The first-order valence-corrected chi connectivity index (χ1v) is 7.96. The first kappa shape index (κ1) is 16.3. The monoisotopic (exact) mass is 328 g/mol. The maximum Gasteiger partial charge on any atom is 0.317 e. The van der Waals surface area contributed by atoms with E-state index >= 15 is 0 Å². The number of rotatable bonds is 6. The van der Waals surface area contributed by atoms with E-state index in [-0.39, 0.29) is 25.1 Å². The number of amides is 2. The second kappa shape index (κ2) is 7.31. The number of carboxylic acid groups (broad SMARTS) is 1. The summed E-state index contributed by atoms with van der Waals surface area (Å²) in [7, 11) is 0. The van der Waals surface area contributed by atoms with Crippen molar-refractivity contribution in [2.75, 3.05) is 19.6 Å². The molecule has 3 rings (SSSR count). The average Bonchev–Trinajstić information content (AvgIpc) is 2.53. The highest BCUT2D eigenvalue weighted by Gasteiger charge is 2.31. The van der Waals surface area contributed by atoms with Gasteiger partial charge in [0.1, 0.15) is 0 Å². The molecule has 1 aliphatic rings. The summed E-state index contributed by atoms with van der Waals surface area (Å²) >= 11 is 0. The van der Waals surface area contributed by atoms with Crippen LogP contribution in [0.4, 0.5) is 4.79 Å². The molecule has 2 aromatic carbocycles. The van der Waals surface area contributed by atoms with Crippen LogP contribution in [-0.4, -0.2) is 47.7 Å². The summed E-state index contributed by atoms with van der Waals surface area (Å²) in [6.07, 6.45) is -0.0465. The highest BCUT2D eigenvalue weighted by molar-refractivity contribution is 5.85. The molecule has 6 heteroatoms. The van der Waals surface area contributed by atoms with Gasteiger partial charge in [0, 0.05) is 6.54 Å². The van der Waals surface area contributed by atoms with Gasteiger partial charge < -0.3 is 20.1 Å². The standard InChI is InChI=1S/C18H20N2O4/c21-17(22)8-9-19-18(23)20-10-15(11-20)24-12-14-6-3-5-13-4-1-2-7-16(13)14/h1-7,15H,8-12H2,(H,19,23)(H,21,22). The molecule has 1 heterocycles. The number of ether oxygens (including phenoxy) is 1. The molecule has 0 atom stereocenters. The van der Waals surface area contributed by atoms with Gasteiger partial charge in [0.25, 0.3) is 0 Å². The van der Waals surface area contributed by atoms with Crippen LogP contribution in [0.2, 0.25) is 0 Å². The minimum atomic E-state index is -0.921. The summed E-state index contributed by atoms with van der Waals surface area (Å²) in [4.78, 5) is 23.8. The van der Waals surface area contributed by atoms with E-state index < -0.39 is 5.97 Å². The van der Waals surface area contributed by atoms with Gasteiger partial charge in [-0.1, -0.05) is 42.5 Å². The quantitative estimate of drug-likeness (QED) is 0.852. The van der Waals surface area contributed by atoms with Gasteiger partial charge >= 0.3 is 12.0 Å². The Morgan fingerprint density at radius 3 is 2.71 bits per heavy atom. The Kier molecular flexibility index (Phi) is 4.96. The van der Waals surface area contributed by atoms with Crippen molar-refractivity contribution >= 4 is 22.8 Å². The molecule has 0 bridgehead atoms. The first-order chi connectivity index (χ1) is 11.6. The highest BCUT2D eigenvalue weighted by atomic mass is 16.5. The number of carbonyl (C=O) groups excluding carboxylic acids is 1.